The molecular formula is C23H30BN2+. The van der Waals surface area contributed by atoms with Gasteiger partial charge < -0.3 is 4.81 Å². The number of hydrogen-bond acceptors (Lipinski definition) is 1. The highest BCUT2D eigenvalue weighted by Crippen LogP contribution is 2.26. The summed E-state index contributed by atoms with van der Waals surface area (Å²) in [6, 6.07) is 13.5. The molecule has 134 valence electrons. The lowest BCUT2D eigenvalue weighted by molar-refractivity contribution is -0.654. The molecule has 0 unspecified atom stereocenters. The maximum atomic E-state index is 2.46. The van der Waals surface area contributed by atoms with Gasteiger partial charge >= 0.3 is 6.85 Å². The van der Waals surface area contributed by atoms with E-state index in [4.69, 9.17) is 0 Å². The van der Waals surface area contributed by atoms with Gasteiger partial charge in [0, 0.05) is 12.1 Å². The van der Waals surface area contributed by atoms with Crippen LogP contribution in [0, 0.1) is 5.92 Å². The van der Waals surface area contributed by atoms with Crippen LogP contribution < -0.4 is 20.6 Å². The minimum atomic E-state index is 0.307. The van der Waals surface area contributed by atoms with Crippen LogP contribution in [0.3, 0.4) is 0 Å². The number of fused-ring (bicyclic) bond motifs is 1. The molecular weight excluding hydrogens is 315 g/mol. The van der Waals surface area contributed by atoms with E-state index in [9.17, 15) is 0 Å². The molecule has 0 bridgehead atoms. The monoisotopic (exact) mass is 345 g/mol. The van der Waals surface area contributed by atoms with Gasteiger partial charge in [0.2, 0.25) is 0 Å². The van der Waals surface area contributed by atoms with Gasteiger partial charge in [0.15, 0.2) is 11.8 Å². The summed E-state index contributed by atoms with van der Waals surface area (Å²) < 4.78 is 2.30. The Labute approximate surface area is 158 Å². The Morgan fingerprint density at radius 3 is 2.69 bits per heavy atom. The van der Waals surface area contributed by atoms with E-state index in [0.717, 1.165) is 5.92 Å². The lowest BCUT2D eigenvalue weighted by atomic mass is 9.49. The molecule has 1 aromatic heterocycles. The fraction of sp³-hybridized carbons (Fsp3) is 0.435. The van der Waals surface area contributed by atoms with Crippen LogP contribution in [0.5, 0.6) is 0 Å². The Morgan fingerprint density at radius 2 is 1.88 bits per heavy atom. The van der Waals surface area contributed by atoms with E-state index in [-0.39, 0.29) is 0 Å². The number of benzene rings is 1. The topological polar surface area (TPSA) is 7.12 Å². The Kier molecular flexibility index (Phi) is 4.89. The van der Waals surface area contributed by atoms with Gasteiger partial charge in [-0.1, -0.05) is 61.8 Å². The minimum Gasteiger partial charge on any atom is -0.410 e. The highest BCUT2D eigenvalue weighted by molar-refractivity contribution is 6.85. The summed E-state index contributed by atoms with van der Waals surface area (Å²) in [5, 5.41) is 2.71. The van der Waals surface area contributed by atoms with Crippen LogP contribution >= 0.6 is 0 Å². The maximum absolute atomic E-state index is 2.46. The Morgan fingerprint density at radius 1 is 1.12 bits per heavy atom. The number of pyridine rings is 1. The predicted molar refractivity (Wildman–Crippen MR) is 110 cm³/mol. The standard InChI is InChI=1S/C23H30BN2/c1-18-22-12-8-7-11-21(22)17-26(3)24(18)23-16-20(13-14-25(23)2)15-19-9-5-4-6-10-19/h7-8,11-14,16-17,19H,4-6,9-10,15H2,1-3H3/q+1. The van der Waals surface area contributed by atoms with Crippen molar-refractivity contribution in [2.24, 2.45) is 13.0 Å². The van der Waals surface area contributed by atoms with Gasteiger partial charge in [0.25, 0.3) is 0 Å². The molecule has 1 fully saturated rings. The maximum Gasteiger partial charge on any atom is 0.399 e. The minimum absolute atomic E-state index is 0.307. The van der Waals surface area contributed by atoms with E-state index in [1.165, 1.54) is 65.6 Å². The third kappa shape index (κ3) is 3.32. The lowest BCUT2D eigenvalue weighted by Crippen LogP contribution is -2.62. The molecule has 1 aliphatic heterocycles. The summed E-state index contributed by atoms with van der Waals surface area (Å²) in [6.07, 6.45) is 12.9. The van der Waals surface area contributed by atoms with Gasteiger partial charge in [0.1, 0.15) is 7.05 Å². The number of aromatic nitrogens is 1. The van der Waals surface area contributed by atoms with Gasteiger partial charge in [-0.05, 0) is 48.5 Å². The zero-order valence-corrected chi connectivity index (χ0v) is 16.4. The first-order valence-corrected chi connectivity index (χ1v) is 10.1. The molecule has 1 aromatic carbocycles. The lowest BCUT2D eigenvalue weighted by Gasteiger charge is -2.26. The normalized spacial score (nSPS) is 17.9. The number of hydrogen-bond donors (Lipinski definition) is 0. The van der Waals surface area contributed by atoms with Crippen molar-refractivity contribution in [3.05, 3.63) is 58.6 Å². The zero-order chi connectivity index (χ0) is 18.1. The first-order valence-electron chi connectivity index (χ1n) is 10.1. The van der Waals surface area contributed by atoms with Gasteiger partial charge in [-0.15, -0.1) is 0 Å². The van der Waals surface area contributed by atoms with E-state index in [1.807, 2.05) is 0 Å². The molecule has 2 heterocycles. The van der Waals surface area contributed by atoms with Crippen LogP contribution in [0.15, 0.2) is 42.6 Å². The van der Waals surface area contributed by atoms with Crippen LogP contribution in [0.4, 0.5) is 0 Å². The molecule has 0 radical (unpaired) electrons. The summed E-state index contributed by atoms with van der Waals surface area (Å²) >= 11 is 0. The highest BCUT2D eigenvalue weighted by Gasteiger charge is 2.34. The molecule has 2 nitrogen and oxygen atoms in total. The van der Waals surface area contributed by atoms with Crippen LogP contribution in [-0.2, 0) is 13.5 Å². The summed E-state index contributed by atoms with van der Waals surface area (Å²) in [5.41, 5.74) is 4.34. The number of aryl methyl sites for hydroxylation is 1. The molecule has 3 heteroatoms. The van der Waals surface area contributed by atoms with Crippen molar-refractivity contribution in [3.63, 3.8) is 0 Å². The second kappa shape index (κ2) is 7.30. The number of rotatable bonds is 3. The van der Waals surface area contributed by atoms with Crippen molar-refractivity contribution >= 4 is 24.1 Å². The third-order valence-corrected chi connectivity index (χ3v) is 6.33. The van der Waals surface area contributed by atoms with Crippen LogP contribution in [0.1, 0.15) is 44.6 Å². The average Bonchev–Trinajstić information content (AvgIpc) is 2.65. The molecule has 0 spiro atoms. The molecule has 1 saturated carbocycles. The van der Waals surface area contributed by atoms with Gasteiger partial charge in [0.05, 0.1) is 0 Å². The number of nitrogens with zero attached hydrogens (tertiary/aromatic N) is 2. The SMILES string of the molecule is CC1=c2ccccc2=CN(C)B1c1cc(CC2CCCCC2)cc[n+]1C. The van der Waals surface area contributed by atoms with Gasteiger partial charge in [-0.2, -0.15) is 0 Å². The molecule has 0 atom stereocenters. The molecule has 0 saturated heterocycles. The summed E-state index contributed by atoms with van der Waals surface area (Å²) in [4.78, 5) is 2.37. The Hall–Kier alpha value is -2.03. The van der Waals surface area contributed by atoms with Crippen molar-refractivity contribution in [2.45, 2.75) is 45.4 Å². The van der Waals surface area contributed by atoms with E-state index in [0.29, 0.717) is 6.85 Å². The van der Waals surface area contributed by atoms with E-state index in [2.05, 4.69) is 79.2 Å². The Bertz CT molecular complexity index is 912. The summed E-state index contributed by atoms with van der Waals surface area (Å²) in [5.74, 6) is 0.880. The van der Waals surface area contributed by atoms with Crippen molar-refractivity contribution in [1.82, 2.24) is 4.81 Å². The van der Waals surface area contributed by atoms with Crippen LogP contribution in [0.2, 0.25) is 0 Å². The summed E-state index contributed by atoms with van der Waals surface area (Å²) in [7, 11) is 4.39. The molecule has 2 aliphatic rings. The molecule has 1 aliphatic carbocycles. The smallest absolute Gasteiger partial charge is 0.399 e. The van der Waals surface area contributed by atoms with Crippen molar-refractivity contribution in [1.29, 1.82) is 0 Å². The van der Waals surface area contributed by atoms with Gasteiger partial charge in [-0.25, -0.2) is 4.57 Å². The second-order valence-electron chi connectivity index (χ2n) is 8.25. The first kappa shape index (κ1) is 17.4. The fourth-order valence-electron chi connectivity index (χ4n) is 4.90. The quantitative estimate of drug-likeness (QED) is 0.609. The van der Waals surface area contributed by atoms with Crippen LogP contribution in [-0.4, -0.2) is 18.7 Å². The van der Waals surface area contributed by atoms with E-state index >= 15 is 0 Å². The second-order valence-corrected chi connectivity index (χ2v) is 8.25. The van der Waals surface area contributed by atoms with E-state index in [1.54, 1.807) is 0 Å². The predicted octanol–water partition coefficient (Wildman–Crippen LogP) is 1.93. The van der Waals surface area contributed by atoms with E-state index < -0.39 is 0 Å². The molecule has 2 aromatic rings. The molecule has 0 N–H and O–H groups in total. The summed E-state index contributed by atoms with van der Waals surface area (Å²) in [6.45, 7) is 2.60. The average molecular weight is 345 g/mol. The zero-order valence-electron chi connectivity index (χ0n) is 16.4. The van der Waals surface area contributed by atoms with Crippen molar-refractivity contribution in [2.75, 3.05) is 7.05 Å². The first-order chi connectivity index (χ1) is 12.6. The van der Waals surface area contributed by atoms with Crippen molar-refractivity contribution < 1.29 is 4.57 Å². The molecule has 26 heavy (non-hydrogen) atoms. The fourth-order valence-corrected chi connectivity index (χ4v) is 4.90. The van der Waals surface area contributed by atoms with Gasteiger partial charge in [-0.3, -0.25) is 0 Å². The molecule has 4 rings (SSSR count). The van der Waals surface area contributed by atoms with Crippen molar-refractivity contribution in [3.8, 4) is 0 Å². The Balaban J connectivity index is 1.71. The third-order valence-electron chi connectivity index (χ3n) is 6.33. The van der Waals surface area contributed by atoms with Crippen LogP contribution in [0.25, 0.3) is 11.7 Å². The highest BCUT2D eigenvalue weighted by atomic mass is 15.0. The molecule has 0 amide bonds. The largest absolute Gasteiger partial charge is 0.410 e.